The van der Waals surface area contributed by atoms with Crippen LogP contribution in [0.25, 0.3) is 0 Å². The standard InChI is InChI=1S/C24H29N3O6S/c1-2-3-12-32-16-10-8-15(9-11-16)23(31)26-13-20(29)33-14-19(28)27-24-21(22(25)30)17-6-4-5-7-18(17)34-24/h8-11H,2-7,12-14H2,1H3,(H2,25,30)(H,26,31)(H,27,28). The van der Waals surface area contributed by atoms with E-state index in [0.717, 1.165) is 49.0 Å². The normalized spacial score (nSPS) is 12.4. The van der Waals surface area contributed by atoms with Gasteiger partial charge in [0.25, 0.3) is 17.7 Å². The highest BCUT2D eigenvalue weighted by atomic mass is 32.1. The number of thiophene rings is 1. The molecule has 3 rings (SSSR count). The van der Waals surface area contributed by atoms with E-state index >= 15 is 0 Å². The molecule has 0 bridgehead atoms. The maximum Gasteiger partial charge on any atom is 0.325 e. The number of rotatable bonds is 11. The summed E-state index contributed by atoms with van der Waals surface area (Å²) in [7, 11) is 0. The van der Waals surface area contributed by atoms with E-state index in [1.54, 1.807) is 24.3 Å². The molecule has 0 unspecified atom stereocenters. The third kappa shape index (κ3) is 6.80. The van der Waals surface area contributed by atoms with Crippen LogP contribution in [0.2, 0.25) is 0 Å². The first-order chi connectivity index (χ1) is 16.4. The number of anilines is 1. The number of hydrogen-bond acceptors (Lipinski definition) is 7. The third-order valence-electron chi connectivity index (χ3n) is 5.31. The predicted octanol–water partition coefficient (Wildman–Crippen LogP) is 2.82. The molecule has 0 aliphatic heterocycles. The van der Waals surface area contributed by atoms with E-state index < -0.39 is 30.3 Å². The van der Waals surface area contributed by atoms with Crippen LogP contribution in [-0.2, 0) is 27.2 Å². The first-order valence-corrected chi connectivity index (χ1v) is 12.1. The van der Waals surface area contributed by atoms with Gasteiger partial charge in [0.2, 0.25) is 0 Å². The molecular weight excluding hydrogens is 458 g/mol. The number of hydrogen-bond donors (Lipinski definition) is 3. The van der Waals surface area contributed by atoms with Crippen molar-refractivity contribution in [3.05, 3.63) is 45.8 Å². The molecule has 10 heteroatoms. The van der Waals surface area contributed by atoms with Crippen molar-refractivity contribution in [3.63, 3.8) is 0 Å². The van der Waals surface area contributed by atoms with E-state index in [2.05, 4.69) is 17.6 Å². The molecule has 3 amide bonds. The number of nitrogens with two attached hydrogens (primary N) is 1. The number of fused-ring (bicyclic) bond motifs is 1. The molecular formula is C24H29N3O6S. The van der Waals surface area contributed by atoms with Crippen LogP contribution in [-0.4, -0.2) is 43.4 Å². The Morgan fingerprint density at radius 1 is 1.09 bits per heavy atom. The fourth-order valence-corrected chi connectivity index (χ4v) is 4.88. The van der Waals surface area contributed by atoms with Gasteiger partial charge in [-0.15, -0.1) is 11.3 Å². The number of carbonyl (C=O) groups is 4. The van der Waals surface area contributed by atoms with Crippen LogP contribution >= 0.6 is 11.3 Å². The van der Waals surface area contributed by atoms with Gasteiger partial charge in [0, 0.05) is 10.4 Å². The molecule has 0 radical (unpaired) electrons. The molecule has 0 spiro atoms. The van der Waals surface area contributed by atoms with Crippen LogP contribution < -0.4 is 21.1 Å². The lowest BCUT2D eigenvalue weighted by molar-refractivity contribution is -0.146. The van der Waals surface area contributed by atoms with Gasteiger partial charge in [-0.25, -0.2) is 0 Å². The number of ether oxygens (including phenoxy) is 2. The average molecular weight is 488 g/mol. The second-order valence-electron chi connectivity index (χ2n) is 7.90. The topological polar surface area (TPSA) is 137 Å². The monoisotopic (exact) mass is 487 g/mol. The molecule has 0 atom stereocenters. The molecule has 34 heavy (non-hydrogen) atoms. The maximum absolute atomic E-state index is 12.3. The van der Waals surface area contributed by atoms with Crippen molar-refractivity contribution in [2.24, 2.45) is 5.73 Å². The molecule has 4 N–H and O–H groups in total. The van der Waals surface area contributed by atoms with Crippen LogP contribution in [0, 0.1) is 0 Å². The van der Waals surface area contributed by atoms with Crippen LogP contribution in [0.3, 0.4) is 0 Å². The molecule has 1 aromatic carbocycles. The smallest absolute Gasteiger partial charge is 0.325 e. The second-order valence-corrected chi connectivity index (χ2v) is 9.00. The molecule has 1 aliphatic carbocycles. The van der Waals surface area contributed by atoms with Crippen molar-refractivity contribution in [2.75, 3.05) is 25.1 Å². The first kappa shape index (κ1) is 25.2. The molecule has 1 aliphatic rings. The Kier molecular flexibility index (Phi) is 9.03. The highest BCUT2D eigenvalue weighted by Crippen LogP contribution is 2.37. The van der Waals surface area contributed by atoms with E-state index in [4.69, 9.17) is 15.2 Å². The van der Waals surface area contributed by atoms with Crippen molar-refractivity contribution >= 4 is 40.0 Å². The Morgan fingerprint density at radius 3 is 2.53 bits per heavy atom. The fraction of sp³-hybridized carbons (Fsp3) is 0.417. The zero-order valence-electron chi connectivity index (χ0n) is 19.1. The number of aryl methyl sites for hydroxylation is 1. The SMILES string of the molecule is CCCCOc1ccc(C(=O)NCC(=O)OCC(=O)Nc2sc3c(c2C(N)=O)CCCC3)cc1. The van der Waals surface area contributed by atoms with Crippen molar-refractivity contribution in [2.45, 2.75) is 45.4 Å². The summed E-state index contributed by atoms with van der Waals surface area (Å²) >= 11 is 1.33. The lowest BCUT2D eigenvalue weighted by Gasteiger charge is -2.11. The lowest BCUT2D eigenvalue weighted by atomic mass is 9.95. The van der Waals surface area contributed by atoms with Gasteiger partial charge in [-0.1, -0.05) is 13.3 Å². The van der Waals surface area contributed by atoms with Gasteiger partial charge < -0.3 is 25.8 Å². The van der Waals surface area contributed by atoms with Crippen molar-refractivity contribution in [3.8, 4) is 5.75 Å². The number of unbranched alkanes of at least 4 members (excludes halogenated alkanes) is 1. The predicted molar refractivity (Wildman–Crippen MR) is 128 cm³/mol. The molecule has 1 heterocycles. The van der Waals surface area contributed by atoms with Gasteiger partial charge >= 0.3 is 5.97 Å². The number of nitrogens with one attached hydrogen (secondary N) is 2. The van der Waals surface area contributed by atoms with Gasteiger partial charge in [0.1, 0.15) is 17.3 Å². The van der Waals surface area contributed by atoms with Crippen molar-refractivity contribution in [1.82, 2.24) is 5.32 Å². The first-order valence-electron chi connectivity index (χ1n) is 11.3. The summed E-state index contributed by atoms with van der Waals surface area (Å²) < 4.78 is 10.5. The minimum Gasteiger partial charge on any atom is -0.494 e. The summed E-state index contributed by atoms with van der Waals surface area (Å²) in [5.74, 6) is -1.71. The third-order valence-corrected chi connectivity index (χ3v) is 6.52. The van der Waals surface area contributed by atoms with Gasteiger partial charge in [0.15, 0.2) is 6.61 Å². The van der Waals surface area contributed by atoms with E-state index in [0.29, 0.717) is 28.5 Å². The summed E-state index contributed by atoms with van der Waals surface area (Å²) in [5, 5.41) is 5.46. The summed E-state index contributed by atoms with van der Waals surface area (Å²) in [6, 6.07) is 6.59. The Labute approximate surface area is 202 Å². The number of esters is 1. The summed E-state index contributed by atoms with van der Waals surface area (Å²) in [6.07, 6.45) is 5.58. The largest absolute Gasteiger partial charge is 0.494 e. The number of benzene rings is 1. The lowest BCUT2D eigenvalue weighted by Crippen LogP contribution is -2.32. The molecule has 0 fully saturated rings. The van der Waals surface area contributed by atoms with Crippen LogP contribution in [0.5, 0.6) is 5.75 Å². The fourth-order valence-electron chi connectivity index (χ4n) is 3.57. The van der Waals surface area contributed by atoms with Gasteiger partial charge in [-0.2, -0.15) is 0 Å². The van der Waals surface area contributed by atoms with E-state index in [-0.39, 0.29) is 6.54 Å². The zero-order chi connectivity index (χ0) is 24.5. The average Bonchev–Trinajstić information content (AvgIpc) is 3.19. The van der Waals surface area contributed by atoms with Gasteiger partial charge in [-0.3, -0.25) is 19.2 Å². The Balaban J connectivity index is 1.44. The number of carbonyl (C=O) groups excluding carboxylic acids is 4. The molecule has 1 aromatic heterocycles. The molecule has 182 valence electrons. The molecule has 9 nitrogen and oxygen atoms in total. The van der Waals surface area contributed by atoms with Gasteiger partial charge in [-0.05, 0) is 61.9 Å². The highest BCUT2D eigenvalue weighted by molar-refractivity contribution is 7.17. The number of primary amides is 1. The Morgan fingerprint density at radius 2 is 1.82 bits per heavy atom. The quantitative estimate of drug-likeness (QED) is 0.329. The number of amides is 3. The summed E-state index contributed by atoms with van der Waals surface area (Å²) in [4.78, 5) is 49.4. The summed E-state index contributed by atoms with van der Waals surface area (Å²) in [5.41, 5.74) is 7.13. The van der Waals surface area contributed by atoms with E-state index in [1.807, 2.05) is 0 Å². The Bertz CT molecular complexity index is 1050. The van der Waals surface area contributed by atoms with Crippen molar-refractivity contribution in [1.29, 1.82) is 0 Å². The molecule has 0 saturated carbocycles. The summed E-state index contributed by atoms with van der Waals surface area (Å²) in [6.45, 7) is 1.75. The zero-order valence-corrected chi connectivity index (χ0v) is 19.9. The van der Waals surface area contributed by atoms with E-state index in [9.17, 15) is 19.2 Å². The van der Waals surface area contributed by atoms with Crippen LogP contribution in [0.1, 0.15) is 63.8 Å². The minimum atomic E-state index is -0.761. The Hall–Kier alpha value is -3.40. The van der Waals surface area contributed by atoms with Crippen molar-refractivity contribution < 1.29 is 28.7 Å². The minimum absolute atomic E-state index is 0.341. The molecule has 2 aromatic rings. The van der Waals surface area contributed by atoms with Crippen LogP contribution in [0.15, 0.2) is 24.3 Å². The van der Waals surface area contributed by atoms with E-state index in [1.165, 1.54) is 11.3 Å². The second kappa shape index (κ2) is 12.2. The maximum atomic E-state index is 12.3. The molecule has 0 saturated heterocycles. The highest BCUT2D eigenvalue weighted by Gasteiger charge is 2.25. The van der Waals surface area contributed by atoms with Crippen LogP contribution in [0.4, 0.5) is 5.00 Å². The van der Waals surface area contributed by atoms with Gasteiger partial charge in [0.05, 0.1) is 12.2 Å².